The molecule has 0 aliphatic carbocycles. The van der Waals surface area contributed by atoms with E-state index in [1.165, 1.54) is 16.0 Å². The third-order valence-electron chi connectivity index (χ3n) is 2.99. The standard InChI is InChI=1S/C16H20N2S/c1-13-6-5-7-14(10-13)11-15(18-17)12-19-16-8-3-2-4-9-16/h2-10,15,18H,11-12,17H2,1H3. The Bertz CT molecular complexity index is 499. The smallest absolute Gasteiger partial charge is 0.0344 e. The second-order valence-corrected chi connectivity index (χ2v) is 5.77. The van der Waals surface area contributed by atoms with Gasteiger partial charge in [0.05, 0.1) is 0 Å². The van der Waals surface area contributed by atoms with Crippen molar-refractivity contribution in [3.8, 4) is 0 Å². The Balaban J connectivity index is 1.90. The number of nitrogens with one attached hydrogen (secondary N) is 1. The van der Waals surface area contributed by atoms with Crippen LogP contribution >= 0.6 is 11.8 Å². The molecule has 0 aromatic heterocycles. The highest BCUT2D eigenvalue weighted by molar-refractivity contribution is 7.99. The molecule has 19 heavy (non-hydrogen) atoms. The molecule has 100 valence electrons. The van der Waals surface area contributed by atoms with Crippen LogP contribution in [0.4, 0.5) is 0 Å². The molecule has 0 spiro atoms. The number of nitrogens with two attached hydrogens (primary N) is 1. The van der Waals surface area contributed by atoms with Crippen molar-refractivity contribution < 1.29 is 0 Å². The van der Waals surface area contributed by atoms with Gasteiger partial charge in [-0.05, 0) is 31.0 Å². The minimum atomic E-state index is 0.284. The highest BCUT2D eigenvalue weighted by Crippen LogP contribution is 2.19. The third-order valence-corrected chi connectivity index (χ3v) is 4.17. The van der Waals surface area contributed by atoms with E-state index >= 15 is 0 Å². The van der Waals surface area contributed by atoms with Gasteiger partial charge in [0.2, 0.25) is 0 Å². The lowest BCUT2D eigenvalue weighted by Crippen LogP contribution is -2.38. The maximum Gasteiger partial charge on any atom is 0.0344 e. The molecule has 1 unspecified atom stereocenters. The van der Waals surface area contributed by atoms with Gasteiger partial charge in [-0.1, -0.05) is 48.0 Å². The zero-order valence-electron chi connectivity index (χ0n) is 11.2. The van der Waals surface area contributed by atoms with Crippen LogP contribution in [-0.4, -0.2) is 11.8 Å². The van der Waals surface area contributed by atoms with Crippen molar-refractivity contribution in [2.45, 2.75) is 24.3 Å². The third kappa shape index (κ3) is 4.71. The van der Waals surface area contributed by atoms with Crippen LogP contribution < -0.4 is 11.3 Å². The summed E-state index contributed by atoms with van der Waals surface area (Å²) in [5.41, 5.74) is 5.54. The number of hydrogen-bond donors (Lipinski definition) is 2. The predicted molar refractivity (Wildman–Crippen MR) is 83.2 cm³/mol. The largest absolute Gasteiger partial charge is 0.271 e. The maximum atomic E-state index is 5.66. The van der Waals surface area contributed by atoms with E-state index in [1.54, 1.807) is 0 Å². The van der Waals surface area contributed by atoms with Gasteiger partial charge in [-0.2, -0.15) is 0 Å². The molecule has 0 radical (unpaired) electrons. The van der Waals surface area contributed by atoms with Gasteiger partial charge in [0, 0.05) is 16.7 Å². The highest BCUT2D eigenvalue weighted by Gasteiger charge is 2.08. The fourth-order valence-electron chi connectivity index (χ4n) is 2.00. The first-order chi connectivity index (χ1) is 9.28. The van der Waals surface area contributed by atoms with Crippen molar-refractivity contribution in [3.05, 3.63) is 65.7 Å². The SMILES string of the molecule is Cc1cccc(CC(CSc2ccccc2)NN)c1. The Morgan fingerprint density at radius 2 is 1.89 bits per heavy atom. The summed E-state index contributed by atoms with van der Waals surface area (Å²) in [6.45, 7) is 2.12. The molecule has 0 saturated carbocycles. The molecule has 3 heteroatoms. The van der Waals surface area contributed by atoms with Crippen molar-refractivity contribution >= 4 is 11.8 Å². The van der Waals surface area contributed by atoms with E-state index in [0.29, 0.717) is 0 Å². The molecular formula is C16H20N2S. The monoisotopic (exact) mass is 272 g/mol. The summed E-state index contributed by atoms with van der Waals surface area (Å²) in [5.74, 6) is 6.63. The number of rotatable bonds is 6. The first kappa shape index (κ1) is 14.1. The van der Waals surface area contributed by atoms with E-state index in [-0.39, 0.29) is 6.04 Å². The second kappa shape index (κ2) is 7.34. The van der Waals surface area contributed by atoms with Gasteiger partial charge in [-0.25, -0.2) is 0 Å². The lowest BCUT2D eigenvalue weighted by atomic mass is 10.1. The minimum Gasteiger partial charge on any atom is -0.271 e. The topological polar surface area (TPSA) is 38.0 Å². The van der Waals surface area contributed by atoms with Gasteiger partial charge >= 0.3 is 0 Å². The average Bonchev–Trinajstić information content (AvgIpc) is 2.44. The predicted octanol–water partition coefficient (Wildman–Crippen LogP) is 3.16. The lowest BCUT2D eigenvalue weighted by molar-refractivity contribution is 0.575. The zero-order chi connectivity index (χ0) is 13.5. The summed E-state index contributed by atoms with van der Waals surface area (Å²) < 4.78 is 0. The Kier molecular flexibility index (Phi) is 5.45. The molecule has 0 aliphatic rings. The van der Waals surface area contributed by atoms with Gasteiger partial charge in [0.1, 0.15) is 0 Å². The fraction of sp³-hybridized carbons (Fsp3) is 0.250. The van der Waals surface area contributed by atoms with Gasteiger partial charge in [0.25, 0.3) is 0 Å². The van der Waals surface area contributed by atoms with Crippen molar-refractivity contribution in [2.75, 3.05) is 5.75 Å². The molecular weight excluding hydrogens is 252 g/mol. The number of thioether (sulfide) groups is 1. The van der Waals surface area contributed by atoms with Crippen LogP contribution in [0.1, 0.15) is 11.1 Å². The summed E-state index contributed by atoms with van der Waals surface area (Å²) in [6.07, 6.45) is 0.956. The van der Waals surface area contributed by atoms with Crippen LogP contribution in [0.25, 0.3) is 0 Å². The summed E-state index contributed by atoms with van der Waals surface area (Å²) in [7, 11) is 0. The first-order valence-corrected chi connectivity index (χ1v) is 7.46. The number of benzene rings is 2. The molecule has 3 N–H and O–H groups in total. The molecule has 2 aromatic carbocycles. The number of hydrazine groups is 1. The van der Waals surface area contributed by atoms with E-state index in [2.05, 4.69) is 60.9 Å². The van der Waals surface area contributed by atoms with Gasteiger partial charge in [0.15, 0.2) is 0 Å². The molecule has 2 rings (SSSR count). The number of hydrogen-bond acceptors (Lipinski definition) is 3. The summed E-state index contributed by atoms with van der Waals surface area (Å²) in [6, 6.07) is 19.3. The van der Waals surface area contributed by atoms with Crippen LogP contribution in [0.3, 0.4) is 0 Å². The Morgan fingerprint density at radius 3 is 2.58 bits per heavy atom. The minimum absolute atomic E-state index is 0.284. The average molecular weight is 272 g/mol. The summed E-state index contributed by atoms with van der Waals surface area (Å²) >= 11 is 1.83. The second-order valence-electron chi connectivity index (χ2n) is 4.68. The molecule has 0 saturated heterocycles. The first-order valence-electron chi connectivity index (χ1n) is 6.47. The van der Waals surface area contributed by atoms with Gasteiger partial charge in [-0.3, -0.25) is 11.3 Å². The Hall–Kier alpha value is -1.29. The van der Waals surface area contributed by atoms with E-state index in [4.69, 9.17) is 5.84 Å². The fourth-order valence-corrected chi connectivity index (χ4v) is 2.96. The van der Waals surface area contributed by atoms with E-state index in [9.17, 15) is 0 Å². The van der Waals surface area contributed by atoms with Gasteiger partial charge < -0.3 is 0 Å². The highest BCUT2D eigenvalue weighted by atomic mass is 32.2. The van der Waals surface area contributed by atoms with Gasteiger partial charge in [-0.15, -0.1) is 11.8 Å². The van der Waals surface area contributed by atoms with Crippen LogP contribution in [-0.2, 0) is 6.42 Å². The molecule has 2 nitrogen and oxygen atoms in total. The number of aryl methyl sites for hydroxylation is 1. The van der Waals surface area contributed by atoms with Crippen LogP contribution in [0, 0.1) is 6.92 Å². The van der Waals surface area contributed by atoms with E-state index in [1.807, 2.05) is 17.8 Å². The lowest BCUT2D eigenvalue weighted by Gasteiger charge is -2.15. The summed E-state index contributed by atoms with van der Waals surface area (Å²) in [4.78, 5) is 1.28. The quantitative estimate of drug-likeness (QED) is 0.482. The molecule has 0 aliphatic heterocycles. The molecule has 2 aromatic rings. The van der Waals surface area contributed by atoms with Crippen LogP contribution in [0.2, 0.25) is 0 Å². The normalized spacial score (nSPS) is 12.3. The van der Waals surface area contributed by atoms with Crippen molar-refractivity contribution in [3.63, 3.8) is 0 Å². The maximum absolute atomic E-state index is 5.66. The molecule has 0 bridgehead atoms. The Morgan fingerprint density at radius 1 is 1.11 bits per heavy atom. The Labute approximate surface area is 119 Å². The van der Waals surface area contributed by atoms with Crippen molar-refractivity contribution in [1.29, 1.82) is 0 Å². The van der Waals surface area contributed by atoms with Crippen LogP contribution in [0.15, 0.2) is 59.5 Å². The molecule has 0 heterocycles. The molecule has 1 atom stereocenters. The van der Waals surface area contributed by atoms with E-state index in [0.717, 1.165) is 12.2 Å². The summed E-state index contributed by atoms with van der Waals surface area (Å²) in [5, 5.41) is 0. The molecule has 0 fully saturated rings. The van der Waals surface area contributed by atoms with Crippen LogP contribution in [0.5, 0.6) is 0 Å². The van der Waals surface area contributed by atoms with E-state index < -0.39 is 0 Å². The van der Waals surface area contributed by atoms with Crippen molar-refractivity contribution in [1.82, 2.24) is 5.43 Å². The zero-order valence-corrected chi connectivity index (χ0v) is 12.0. The molecule has 0 amide bonds. The van der Waals surface area contributed by atoms with Crippen molar-refractivity contribution in [2.24, 2.45) is 5.84 Å².